The fraction of sp³-hybridized carbons (Fsp3) is 0.647. The maximum absolute atomic E-state index is 3.56. The Bertz CT molecular complexity index is 430. The zero-order valence-electron chi connectivity index (χ0n) is 12.4. The van der Waals surface area contributed by atoms with Gasteiger partial charge in [-0.1, -0.05) is 32.9 Å². The molecule has 1 N–H and O–H groups in total. The van der Waals surface area contributed by atoms with Gasteiger partial charge in [0.2, 0.25) is 0 Å². The minimum absolute atomic E-state index is 0.248. The van der Waals surface area contributed by atoms with Crippen LogP contribution in [0.5, 0.6) is 0 Å². The summed E-state index contributed by atoms with van der Waals surface area (Å²) in [6, 6.07) is 9.97. The zero-order chi connectivity index (χ0) is 13.5. The molecule has 104 valence electrons. The topological polar surface area (TPSA) is 15.3 Å². The zero-order valence-corrected chi connectivity index (χ0v) is 12.4. The minimum Gasteiger partial charge on any atom is -0.367 e. The fourth-order valence-electron chi connectivity index (χ4n) is 3.54. The van der Waals surface area contributed by atoms with Gasteiger partial charge in [0, 0.05) is 31.4 Å². The summed E-state index contributed by atoms with van der Waals surface area (Å²) in [6.07, 6.45) is 2.73. The predicted molar refractivity (Wildman–Crippen MR) is 81.9 cm³/mol. The molecule has 1 aromatic rings. The van der Waals surface area contributed by atoms with Crippen LogP contribution >= 0.6 is 0 Å². The lowest BCUT2D eigenvalue weighted by Gasteiger charge is -2.39. The fourth-order valence-corrected chi connectivity index (χ4v) is 3.54. The molecule has 2 aliphatic rings. The van der Waals surface area contributed by atoms with Gasteiger partial charge in [-0.15, -0.1) is 0 Å². The summed E-state index contributed by atoms with van der Waals surface area (Å²) in [5.41, 5.74) is 3.08. The minimum atomic E-state index is 0.248. The van der Waals surface area contributed by atoms with Gasteiger partial charge in [0.15, 0.2) is 0 Å². The predicted octanol–water partition coefficient (Wildman–Crippen LogP) is 3.17. The molecular weight excluding hydrogens is 232 g/mol. The molecule has 0 saturated carbocycles. The Morgan fingerprint density at radius 2 is 1.84 bits per heavy atom. The van der Waals surface area contributed by atoms with E-state index >= 15 is 0 Å². The molecule has 3 rings (SSSR count). The standard InChI is InChI=1S/C17H26N2/c1-17(2,3)14-6-8-15(9-7-14)19-10-4-5-13-11-18-12-16(13)19/h6-9,13,16,18H,4-5,10-12H2,1-3H3. The van der Waals surface area contributed by atoms with E-state index in [1.807, 2.05) is 0 Å². The van der Waals surface area contributed by atoms with E-state index in [0.717, 1.165) is 12.5 Å². The molecule has 1 aromatic carbocycles. The molecule has 2 atom stereocenters. The van der Waals surface area contributed by atoms with Crippen molar-refractivity contribution in [3.8, 4) is 0 Å². The lowest BCUT2D eigenvalue weighted by molar-refractivity contribution is 0.385. The molecule has 0 aliphatic carbocycles. The smallest absolute Gasteiger partial charge is 0.0454 e. The van der Waals surface area contributed by atoms with Crippen LogP contribution in [-0.4, -0.2) is 25.7 Å². The summed E-state index contributed by atoms with van der Waals surface area (Å²) in [5.74, 6) is 0.857. The van der Waals surface area contributed by atoms with Gasteiger partial charge >= 0.3 is 0 Å². The van der Waals surface area contributed by atoms with Crippen LogP contribution in [-0.2, 0) is 5.41 Å². The number of nitrogens with one attached hydrogen (secondary N) is 1. The molecular formula is C17H26N2. The first-order valence-corrected chi connectivity index (χ1v) is 7.63. The number of fused-ring (bicyclic) bond motifs is 1. The third-order valence-corrected chi connectivity index (χ3v) is 4.74. The van der Waals surface area contributed by atoms with Crippen molar-refractivity contribution in [1.82, 2.24) is 5.32 Å². The highest BCUT2D eigenvalue weighted by Gasteiger charge is 2.34. The quantitative estimate of drug-likeness (QED) is 0.832. The number of anilines is 1. The van der Waals surface area contributed by atoms with Crippen molar-refractivity contribution in [2.75, 3.05) is 24.5 Å². The molecule has 0 bridgehead atoms. The number of nitrogens with zero attached hydrogens (tertiary/aromatic N) is 1. The number of rotatable bonds is 1. The molecule has 0 spiro atoms. The molecule has 2 fully saturated rings. The Morgan fingerprint density at radius 3 is 2.53 bits per heavy atom. The highest BCUT2D eigenvalue weighted by molar-refractivity contribution is 5.50. The lowest BCUT2D eigenvalue weighted by Crippen LogP contribution is -2.45. The van der Waals surface area contributed by atoms with Gasteiger partial charge in [0.05, 0.1) is 0 Å². The summed E-state index contributed by atoms with van der Waals surface area (Å²) >= 11 is 0. The number of benzene rings is 1. The summed E-state index contributed by atoms with van der Waals surface area (Å²) in [6.45, 7) is 10.4. The van der Waals surface area contributed by atoms with E-state index in [4.69, 9.17) is 0 Å². The van der Waals surface area contributed by atoms with E-state index in [1.165, 1.54) is 37.2 Å². The SMILES string of the molecule is CC(C)(C)c1ccc(N2CCCC3CNCC32)cc1. The van der Waals surface area contributed by atoms with Crippen molar-refractivity contribution in [3.05, 3.63) is 29.8 Å². The second-order valence-electron chi connectivity index (χ2n) is 7.12. The Balaban J connectivity index is 1.82. The molecule has 0 aromatic heterocycles. The van der Waals surface area contributed by atoms with E-state index < -0.39 is 0 Å². The molecule has 2 aliphatic heterocycles. The van der Waals surface area contributed by atoms with Crippen molar-refractivity contribution in [2.45, 2.75) is 45.1 Å². The van der Waals surface area contributed by atoms with Crippen LogP contribution in [0.4, 0.5) is 5.69 Å². The van der Waals surface area contributed by atoms with Crippen LogP contribution in [0.3, 0.4) is 0 Å². The van der Waals surface area contributed by atoms with Crippen molar-refractivity contribution >= 4 is 5.69 Å². The van der Waals surface area contributed by atoms with E-state index in [1.54, 1.807) is 0 Å². The van der Waals surface area contributed by atoms with Gasteiger partial charge in [-0.05, 0) is 41.9 Å². The average Bonchev–Trinajstić information content (AvgIpc) is 2.86. The lowest BCUT2D eigenvalue weighted by atomic mass is 9.86. The van der Waals surface area contributed by atoms with Crippen molar-refractivity contribution < 1.29 is 0 Å². The number of piperidine rings is 1. The van der Waals surface area contributed by atoms with Crippen molar-refractivity contribution in [2.24, 2.45) is 5.92 Å². The second-order valence-corrected chi connectivity index (χ2v) is 7.12. The van der Waals surface area contributed by atoms with Crippen molar-refractivity contribution in [3.63, 3.8) is 0 Å². The molecule has 0 radical (unpaired) electrons. The van der Waals surface area contributed by atoms with Gasteiger partial charge in [0.1, 0.15) is 0 Å². The van der Waals surface area contributed by atoms with Crippen molar-refractivity contribution in [1.29, 1.82) is 0 Å². The van der Waals surface area contributed by atoms with Gasteiger partial charge in [-0.3, -0.25) is 0 Å². The van der Waals surface area contributed by atoms with Gasteiger partial charge in [0.25, 0.3) is 0 Å². The number of hydrogen-bond acceptors (Lipinski definition) is 2. The first kappa shape index (κ1) is 13.0. The molecule has 2 heterocycles. The molecule has 2 nitrogen and oxygen atoms in total. The summed E-state index contributed by atoms with van der Waals surface area (Å²) in [5, 5.41) is 3.56. The summed E-state index contributed by atoms with van der Waals surface area (Å²) in [7, 11) is 0. The largest absolute Gasteiger partial charge is 0.367 e. The van der Waals surface area contributed by atoms with Crippen LogP contribution in [0.15, 0.2) is 24.3 Å². The van der Waals surface area contributed by atoms with E-state index in [2.05, 4.69) is 55.3 Å². The van der Waals surface area contributed by atoms with E-state index in [-0.39, 0.29) is 5.41 Å². The first-order chi connectivity index (χ1) is 9.05. The highest BCUT2D eigenvalue weighted by Crippen LogP contribution is 2.32. The van der Waals surface area contributed by atoms with Crippen LogP contribution in [0, 0.1) is 5.92 Å². The molecule has 2 unspecified atom stereocenters. The molecule has 2 saturated heterocycles. The van der Waals surface area contributed by atoms with Crippen LogP contribution in [0.2, 0.25) is 0 Å². The van der Waals surface area contributed by atoms with Crippen LogP contribution in [0.25, 0.3) is 0 Å². The average molecular weight is 258 g/mol. The molecule has 0 amide bonds. The monoisotopic (exact) mass is 258 g/mol. The third-order valence-electron chi connectivity index (χ3n) is 4.74. The van der Waals surface area contributed by atoms with Gasteiger partial charge in [-0.25, -0.2) is 0 Å². The maximum Gasteiger partial charge on any atom is 0.0454 e. The second kappa shape index (κ2) is 4.82. The van der Waals surface area contributed by atoms with Gasteiger partial charge < -0.3 is 10.2 Å². The summed E-state index contributed by atoms with van der Waals surface area (Å²) < 4.78 is 0. The Hall–Kier alpha value is -1.02. The molecule has 19 heavy (non-hydrogen) atoms. The molecule has 2 heteroatoms. The van der Waals surface area contributed by atoms with Crippen LogP contribution in [0.1, 0.15) is 39.2 Å². The van der Waals surface area contributed by atoms with E-state index in [0.29, 0.717) is 6.04 Å². The Morgan fingerprint density at radius 1 is 1.11 bits per heavy atom. The normalized spacial score (nSPS) is 27.4. The third kappa shape index (κ3) is 2.51. The number of hydrogen-bond donors (Lipinski definition) is 1. The maximum atomic E-state index is 3.56. The van der Waals surface area contributed by atoms with Gasteiger partial charge in [-0.2, -0.15) is 0 Å². The van der Waals surface area contributed by atoms with Crippen LogP contribution < -0.4 is 10.2 Å². The van der Waals surface area contributed by atoms with E-state index in [9.17, 15) is 0 Å². The Labute approximate surface area is 117 Å². The highest BCUT2D eigenvalue weighted by atomic mass is 15.2. The first-order valence-electron chi connectivity index (χ1n) is 7.63. The summed E-state index contributed by atoms with van der Waals surface area (Å²) in [4.78, 5) is 2.63. The Kier molecular flexibility index (Phi) is 3.30.